The van der Waals surface area contributed by atoms with Crippen molar-refractivity contribution < 1.29 is 14.4 Å². The third kappa shape index (κ3) is 3.76. The molecular weight excluding hydrogens is 320 g/mol. The molecule has 0 bridgehead atoms. The van der Waals surface area contributed by atoms with Crippen molar-refractivity contribution in [2.24, 2.45) is 0 Å². The fraction of sp³-hybridized carbons (Fsp3) is 0.333. The molecule has 7 heteroatoms. The van der Waals surface area contributed by atoms with Gasteiger partial charge in [0.15, 0.2) is 0 Å². The van der Waals surface area contributed by atoms with E-state index in [0.717, 1.165) is 21.5 Å². The van der Waals surface area contributed by atoms with Crippen LogP contribution in [-0.4, -0.2) is 40.3 Å². The van der Waals surface area contributed by atoms with Crippen molar-refractivity contribution in [3.05, 3.63) is 42.1 Å². The van der Waals surface area contributed by atoms with Crippen LogP contribution in [0.4, 0.5) is 4.79 Å². The van der Waals surface area contributed by atoms with E-state index in [4.69, 9.17) is 0 Å². The molecule has 7 nitrogen and oxygen atoms in total. The number of nitrogens with zero attached hydrogens (tertiary/aromatic N) is 2. The van der Waals surface area contributed by atoms with Crippen molar-refractivity contribution in [2.75, 3.05) is 6.54 Å². The van der Waals surface area contributed by atoms with Crippen LogP contribution in [0, 0.1) is 0 Å². The molecule has 1 aliphatic heterocycles. The van der Waals surface area contributed by atoms with Crippen LogP contribution in [0.5, 0.6) is 0 Å². The van der Waals surface area contributed by atoms with Gasteiger partial charge in [-0.3, -0.25) is 19.5 Å². The Bertz CT molecular complexity index is 821. The summed E-state index contributed by atoms with van der Waals surface area (Å²) in [5.41, 5.74) is 1.60. The van der Waals surface area contributed by atoms with E-state index >= 15 is 0 Å². The summed E-state index contributed by atoms with van der Waals surface area (Å²) in [5, 5.41) is 6.34. The lowest BCUT2D eigenvalue weighted by Gasteiger charge is -2.11. The van der Waals surface area contributed by atoms with Gasteiger partial charge in [0.25, 0.3) is 5.91 Å². The molecule has 0 radical (unpaired) electrons. The van der Waals surface area contributed by atoms with Gasteiger partial charge in [0.2, 0.25) is 5.91 Å². The lowest BCUT2D eigenvalue weighted by molar-refractivity contribution is -0.130. The first kappa shape index (κ1) is 16.9. The zero-order chi connectivity index (χ0) is 17.8. The highest BCUT2D eigenvalue weighted by molar-refractivity contribution is 6.05. The van der Waals surface area contributed by atoms with Crippen molar-refractivity contribution in [1.29, 1.82) is 0 Å². The molecule has 1 aromatic heterocycles. The van der Waals surface area contributed by atoms with Gasteiger partial charge in [0.1, 0.15) is 6.04 Å². The van der Waals surface area contributed by atoms with Gasteiger partial charge in [-0.05, 0) is 18.6 Å². The molecule has 1 fully saturated rings. The van der Waals surface area contributed by atoms with E-state index < -0.39 is 12.1 Å². The Kier molecular flexibility index (Phi) is 4.92. The Morgan fingerprint density at radius 1 is 1.24 bits per heavy atom. The number of carbonyl (C=O) groups excluding carboxylic acids is 3. The molecular formula is C18H20N4O3. The van der Waals surface area contributed by atoms with Crippen molar-refractivity contribution >= 4 is 28.7 Å². The first-order valence-electron chi connectivity index (χ1n) is 8.31. The maximum Gasteiger partial charge on any atom is 0.324 e. The number of nitrogens with one attached hydrogen (secondary N) is 2. The summed E-state index contributed by atoms with van der Waals surface area (Å²) >= 11 is 0. The minimum atomic E-state index is -0.788. The van der Waals surface area contributed by atoms with Crippen LogP contribution < -0.4 is 10.6 Å². The summed E-state index contributed by atoms with van der Waals surface area (Å²) in [6.45, 7) is 2.53. The molecule has 2 aromatic rings. The number of imide groups is 1. The number of fused-ring (bicyclic) bond motifs is 1. The maximum absolute atomic E-state index is 12.1. The standard InChI is InChI=1S/C18H20N4O3/c1-2-9-22-17(24)15(21-18(22)25)10-16(23)19-11-13-8-7-12-5-3-4-6-14(12)20-13/h3-8,15H,2,9-11H2,1H3,(H,19,23)(H,21,25)/t15-/m0/s1. The fourth-order valence-corrected chi connectivity index (χ4v) is 2.80. The minimum Gasteiger partial charge on any atom is -0.350 e. The van der Waals surface area contributed by atoms with Crippen molar-refractivity contribution in [2.45, 2.75) is 32.4 Å². The number of para-hydroxylation sites is 1. The molecule has 2 N–H and O–H groups in total. The van der Waals surface area contributed by atoms with Crippen molar-refractivity contribution in [3.63, 3.8) is 0 Å². The average Bonchev–Trinajstić information content (AvgIpc) is 2.87. The molecule has 1 aromatic carbocycles. The van der Waals surface area contributed by atoms with Gasteiger partial charge >= 0.3 is 6.03 Å². The van der Waals surface area contributed by atoms with Gasteiger partial charge in [-0.15, -0.1) is 0 Å². The van der Waals surface area contributed by atoms with Gasteiger partial charge in [0, 0.05) is 11.9 Å². The SMILES string of the molecule is CCCN1C(=O)N[C@@H](CC(=O)NCc2ccc3ccccc3n2)C1=O. The highest BCUT2D eigenvalue weighted by atomic mass is 16.2. The summed E-state index contributed by atoms with van der Waals surface area (Å²) in [6.07, 6.45) is 0.615. The van der Waals surface area contributed by atoms with Gasteiger partial charge < -0.3 is 10.6 Å². The van der Waals surface area contributed by atoms with Crippen LogP contribution in [-0.2, 0) is 16.1 Å². The lowest BCUT2D eigenvalue weighted by Crippen LogP contribution is -2.36. The molecule has 1 atom stereocenters. The number of aromatic nitrogens is 1. The first-order valence-corrected chi connectivity index (χ1v) is 8.31. The number of hydrogen-bond acceptors (Lipinski definition) is 4. The Morgan fingerprint density at radius 3 is 2.84 bits per heavy atom. The second-order valence-electron chi connectivity index (χ2n) is 5.97. The minimum absolute atomic E-state index is 0.0711. The summed E-state index contributed by atoms with van der Waals surface area (Å²) in [6, 6.07) is 10.3. The molecule has 0 aliphatic carbocycles. The van der Waals surface area contributed by atoms with Gasteiger partial charge in [-0.2, -0.15) is 0 Å². The van der Waals surface area contributed by atoms with Crippen LogP contribution >= 0.6 is 0 Å². The lowest BCUT2D eigenvalue weighted by atomic mass is 10.2. The molecule has 0 unspecified atom stereocenters. The van der Waals surface area contributed by atoms with E-state index in [9.17, 15) is 14.4 Å². The molecule has 25 heavy (non-hydrogen) atoms. The Hall–Kier alpha value is -2.96. The molecule has 1 saturated heterocycles. The van der Waals surface area contributed by atoms with E-state index in [1.165, 1.54) is 0 Å². The van der Waals surface area contributed by atoms with E-state index in [0.29, 0.717) is 13.0 Å². The summed E-state index contributed by atoms with van der Waals surface area (Å²) in [7, 11) is 0. The smallest absolute Gasteiger partial charge is 0.324 e. The molecule has 2 heterocycles. The monoisotopic (exact) mass is 340 g/mol. The van der Waals surface area contributed by atoms with E-state index in [-0.39, 0.29) is 24.8 Å². The zero-order valence-corrected chi connectivity index (χ0v) is 14.0. The number of carbonyl (C=O) groups is 3. The Labute approximate surface area is 145 Å². The van der Waals surface area contributed by atoms with Crippen molar-refractivity contribution in [3.8, 4) is 0 Å². The maximum atomic E-state index is 12.1. The average molecular weight is 340 g/mol. The first-order chi connectivity index (χ1) is 12.1. The molecule has 1 aliphatic rings. The van der Waals surface area contributed by atoms with Crippen LogP contribution in [0.15, 0.2) is 36.4 Å². The predicted molar refractivity (Wildman–Crippen MR) is 92.5 cm³/mol. The number of pyridine rings is 1. The third-order valence-corrected chi connectivity index (χ3v) is 4.07. The molecule has 3 rings (SSSR count). The van der Waals surface area contributed by atoms with Gasteiger partial charge in [-0.25, -0.2) is 4.79 Å². The fourth-order valence-electron chi connectivity index (χ4n) is 2.80. The molecule has 0 spiro atoms. The number of urea groups is 1. The predicted octanol–water partition coefficient (Wildman–Crippen LogP) is 1.57. The summed E-state index contributed by atoms with van der Waals surface area (Å²) in [4.78, 5) is 41.6. The van der Waals surface area contributed by atoms with E-state index in [1.54, 1.807) is 0 Å². The Balaban J connectivity index is 1.55. The normalized spacial score (nSPS) is 17.0. The van der Waals surface area contributed by atoms with Crippen LogP contribution in [0.1, 0.15) is 25.5 Å². The zero-order valence-electron chi connectivity index (χ0n) is 14.0. The van der Waals surface area contributed by atoms with Crippen LogP contribution in [0.3, 0.4) is 0 Å². The number of rotatable bonds is 6. The summed E-state index contributed by atoms with van der Waals surface area (Å²) < 4.78 is 0. The quantitative estimate of drug-likeness (QED) is 0.781. The Morgan fingerprint density at radius 2 is 2.04 bits per heavy atom. The van der Waals surface area contributed by atoms with Gasteiger partial charge in [-0.1, -0.05) is 31.2 Å². The second-order valence-corrected chi connectivity index (χ2v) is 5.97. The van der Waals surface area contributed by atoms with Crippen LogP contribution in [0.2, 0.25) is 0 Å². The highest BCUT2D eigenvalue weighted by Crippen LogP contribution is 2.12. The topological polar surface area (TPSA) is 91.4 Å². The largest absolute Gasteiger partial charge is 0.350 e. The molecule has 130 valence electrons. The number of hydrogen-bond donors (Lipinski definition) is 2. The van der Waals surface area contributed by atoms with Crippen LogP contribution in [0.25, 0.3) is 10.9 Å². The molecule has 4 amide bonds. The van der Waals surface area contributed by atoms with Gasteiger partial charge in [0.05, 0.1) is 24.2 Å². The molecule has 0 saturated carbocycles. The number of benzene rings is 1. The highest BCUT2D eigenvalue weighted by Gasteiger charge is 2.38. The third-order valence-electron chi connectivity index (χ3n) is 4.07. The van der Waals surface area contributed by atoms with Crippen molar-refractivity contribution in [1.82, 2.24) is 20.5 Å². The number of amides is 4. The summed E-state index contributed by atoms with van der Waals surface area (Å²) in [5.74, 6) is -0.641. The second kappa shape index (κ2) is 7.29. The van der Waals surface area contributed by atoms with E-state index in [1.807, 2.05) is 43.3 Å². The van der Waals surface area contributed by atoms with E-state index in [2.05, 4.69) is 15.6 Å².